The van der Waals surface area contributed by atoms with Crippen LogP contribution in [0.25, 0.3) is 0 Å². The number of aromatic nitrogens is 3. The number of benzene rings is 1. The standard InChI is InChI=1S/C22H31N5OS/c1-4-12-27-20(11-15-26-13-6-5-7-14-26)24-25-22(27)29-16-21(28)23-19-10-8-9-17(2)18(19)3/h4,8-10H,1,5-7,11-16H2,2-3H3,(H,23,28). The minimum atomic E-state index is -0.0354. The quantitative estimate of drug-likeness (QED) is 0.500. The molecule has 1 fully saturated rings. The van der Waals surface area contributed by atoms with E-state index in [1.54, 1.807) is 0 Å². The average Bonchev–Trinajstić information content (AvgIpc) is 3.11. The van der Waals surface area contributed by atoms with Crippen LogP contribution >= 0.6 is 11.8 Å². The second-order valence-corrected chi connectivity index (χ2v) is 8.48. The van der Waals surface area contributed by atoms with Gasteiger partial charge < -0.3 is 14.8 Å². The maximum Gasteiger partial charge on any atom is 0.234 e. The topological polar surface area (TPSA) is 63.1 Å². The molecule has 0 radical (unpaired) electrons. The van der Waals surface area contributed by atoms with E-state index in [0.29, 0.717) is 12.3 Å². The summed E-state index contributed by atoms with van der Waals surface area (Å²) in [6, 6.07) is 5.94. The maximum atomic E-state index is 12.4. The highest BCUT2D eigenvalue weighted by atomic mass is 32.2. The summed E-state index contributed by atoms with van der Waals surface area (Å²) in [6.07, 6.45) is 6.64. The summed E-state index contributed by atoms with van der Waals surface area (Å²) in [5, 5.41) is 12.5. The molecule has 0 spiro atoms. The van der Waals surface area contributed by atoms with Crippen LogP contribution in [-0.2, 0) is 17.8 Å². The molecule has 0 bridgehead atoms. The van der Waals surface area contributed by atoms with Crippen molar-refractivity contribution in [3.8, 4) is 0 Å². The summed E-state index contributed by atoms with van der Waals surface area (Å²) >= 11 is 1.42. The molecule has 0 atom stereocenters. The molecular weight excluding hydrogens is 382 g/mol. The molecule has 1 aliphatic heterocycles. The molecule has 2 heterocycles. The van der Waals surface area contributed by atoms with Crippen LogP contribution in [0, 0.1) is 13.8 Å². The zero-order valence-electron chi connectivity index (χ0n) is 17.5. The number of likely N-dealkylation sites (tertiary alicyclic amines) is 1. The Morgan fingerprint density at radius 1 is 1.24 bits per heavy atom. The lowest BCUT2D eigenvalue weighted by molar-refractivity contribution is -0.113. The van der Waals surface area contributed by atoms with Gasteiger partial charge in [0.05, 0.1) is 5.75 Å². The normalized spacial score (nSPS) is 14.7. The summed E-state index contributed by atoms with van der Waals surface area (Å²) in [5.74, 6) is 1.23. The molecule has 29 heavy (non-hydrogen) atoms. The van der Waals surface area contributed by atoms with E-state index < -0.39 is 0 Å². The van der Waals surface area contributed by atoms with E-state index in [9.17, 15) is 4.79 Å². The highest BCUT2D eigenvalue weighted by Crippen LogP contribution is 2.21. The number of thioether (sulfide) groups is 1. The molecule has 156 valence electrons. The Morgan fingerprint density at radius 3 is 2.79 bits per heavy atom. The Bertz CT molecular complexity index is 842. The Balaban J connectivity index is 1.58. The number of amides is 1. The van der Waals surface area contributed by atoms with E-state index in [-0.39, 0.29) is 5.91 Å². The van der Waals surface area contributed by atoms with Crippen molar-refractivity contribution in [3.05, 3.63) is 47.8 Å². The lowest BCUT2D eigenvalue weighted by Crippen LogP contribution is -2.32. The highest BCUT2D eigenvalue weighted by molar-refractivity contribution is 7.99. The number of piperidine rings is 1. The lowest BCUT2D eigenvalue weighted by Gasteiger charge is -2.26. The predicted molar refractivity (Wildman–Crippen MR) is 119 cm³/mol. The molecule has 2 aromatic rings. The van der Waals surface area contributed by atoms with Crippen molar-refractivity contribution in [2.45, 2.75) is 51.2 Å². The molecule has 0 aliphatic carbocycles. The molecule has 1 saturated heterocycles. The van der Waals surface area contributed by atoms with E-state index in [1.165, 1.54) is 49.7 Å². The van der Waals surface area contributed by atoms with Gasteiger partial charge in [0.25, 0.3) is 0 Å². The van der Waals surface area contributed by atoms with Crippen molar-refractivity contribution < 1.29 is 4.79 Å². The van der Waals surface area contributed by atoms with Gasteiger partial charge in [0.1, 0.15) is 5.82 Å². The smallest absolute Gasteiger partial charge is 0.234 e. The molecule has 6 nitrogen and oxygen atoms in total. The van der Waals surface area contributed by atoms with Gasteiger partial charge in [-0.3, -0.25) is 4.79 Å². The van der Waals surface area contributed by atoms with Crippen LogP contribution in [0.4, 0.5) is 5.69 Å². The van der Waals surface area contributed by atoms with Crippen molar-refractivity contribution in [3.63, 3.8) is 0 Å². The lowest BCUT2D eigenvalue weighted by atomic mass is 10.1. The minimum Gasteiger partial charge on any atom is -0.325 e. The van der Waals surface area contributed by atoms with Crippen LogP contribution in [0.15, 0.2) is 36.0 Å². The summed E-state index contributed by atoms with van der Waals surface area (Å²) in [4.78, 5) is 14.9. The van der Waals surface area contributed by atoms with Gasteiger partial charge in [-0.05, 0) is 57.0 Å². The van der Waals surface area contributed by atoms with Crippen molar-refractivity contribution in [2.75, 3.05) is 30.7 Å². The van der Waals surface area contributed by atoms with Gasteiger partial charge >= 0.3 is 0 Å². The van der Waals surface area contributed by atoms with E-state index in [4.69, 9.17) is 0 Å². The number of nitrogens with zero attached hydrogens (tertiary/aromatic N) is 4. The summed E-state index contributed by atoms with van der Waals surface area (Å²) in [6.45, 7) is 11.9. The SMILES string of the molecule is C=CCn1c(CCN2CCCCC2)nnc1SCC(=O)Nc1cccc(C)c1C. The van der Waals surface area contributed by atoms with Crippen LogP contribution in [-0.4, -0.2) is 51.0 Å². The number of carbonyl (C=O) groups excluding carboxylic acids is 1. The number of rotatable bonds is 9. The van der Waals surface area contributed by atoms with Gasteiger partial charge in [0, 0.05) is 25.2 Å². The number of aryl methyl sites for hydroxylation is 1. The summed E-state index contributed by atoms with van der Waals surface area (Å²) in [5.41, 5.74) is 3.13. The van der Waals surface area contributed by atoms with E-state index in [2.05, 4.69) is 31.6 Å². The third-order valence-corrected chi connectivity index (χ3v) is 6.38. The van der Waals surface area contributed by atoms with Gasteiger partial charge in [-0.25, -0.2) is 0 Å². The minimum absolute atomic E-state index is 0.0354. The molecule has 0 unspecified atom stereocenters. The molecular formula is C22H31N5OS. The number of nitrogens with one attached hydrogen (secondary N) is 1. The molecule has 0 saturated carbocycles. The van der Waals surface area contributed by atoms with Gasteiger partial charge in [0.2, 0.25) is 5.91 Å². The Kier molecular flexibility index (Phi) is 7.89. The third kappa shape index (κ3) is 5.93. The van der Waals surface area contributed by atoms with Gasteiger partial charge in [-0.1, -0.05) is 36.4 Å². The predicted octanol–water partition coefficient (Wildman–Crippen LogP) is 3.84. The molecule has 1 aromatic carbocycles. The largest absolute Gasteiger partial charge is 0.325 e. The molecule has 1 aromatic heterocycles. The summed E-state index contributed by atoms with van der Waals surface area (Å²) in [7, 11) is 0. The van der Waals surface area contributed by atoms with Crippen LogP contribution < -0.4 is 5.32 Å². The zero-order valence-corrected chi connectivity index (χ0v) is 18.3. The molecule has 1 amide bonds. The third-order valence-electron chi connectivity index (χ3n) is 5.42. The zero-order chi connectivity index (χ0) is 20.6. The molecule has 1 aliphatic rings. The first kappa shape index (κ1) is 21.6. The first-order valence-corrected chi connectivity index (χ1v) is 11.3. The Labute approximate surface area is 177 Å². The summed E-state index contributed by atoms with van der Waals surface area (Å²) < 4.78 is 2.08. The fourth-order valence-corrected chi connectivity index (χ4v) is 4.33. The number of anilines is 1. The van der Waals surface area contributed by atoms with Crippen LogP contribution in [0.1, 0.15) is 36.2 Å². The maximum absolute atomic E-state index is 12.4. The van der Waals surface area contributed by atoms with Crippen molar-refractivity contribution in [1.29, 1.82) is 0 Å². The number of allylic oxidation sites excluding steroid dienone is 1. The number of hydrogen-bond donors (Lipinski definition) is 1. The number of hydrogen-bond acceptors (Lipinski definition) is 5. The van der Waals surface area contributed by atoms with Gasteiger partial charge in [-0.15, -0.1) is 16.8 Å². The monoisotopic (exact) mass is 413 g/mol. The molecule has 7 heteroatoms. The van der Waals surface area contributed by atoms with Crippen LogP contribution in [0.3, 0.4) is 0 Å². The first-order valence-electron chi connectivity index (χ1n) is 10.3. The van der Waals surface area contributed by atoms with E-state index in [0.717, 1.165) is 35.2 Å². The fraction of sp³-hybridized carbons (Fsp3) is 0.500. The fourth-order valence-electron chi connectivity index (χ4n) is 3.57. The van der Waals surface area contributed by atoms with E-state index in [1.807, 2.05) is 38.1 Å². The van der Waals surface area contributed by atoms with E-state index >= 15 is 0 Å². The van der Waals surface area contributed by atoms with Crippen molar-refractivity contribution >= 4 is 23.4 Å². The average molecular weight is 414 g/mol. The Morgan fingerprint density at radius 2 is 2.03 bits per heavy atom. The van der Waals surface area contributed by atoms with Crippen LogP contribution in [0.5, 0.6) is 0 Å². The van der Waals surface area contributed by atoms with Gasteiger partial charge in [0.15, 0.2) is 5.16 Å². The first-order chi connectivity index (χ1) is 14.1. The van der Waals surface area contributed by atoms with Crippen molar-refractivity contribution in [2.24, 2.45) is 0 Å². The number of carbonyl (C=O) groups is 1. The molecule has 1 N–H and O–H groups in total. The molecule has 3 rings (SSSR count). The second-order valence-electron chi connectivity index (χ2n) is 7.53. The van der Waals surface area contributed by atoms with Crippen LogP contribution in [0.2, 0.25) is 0 Å². The second kappa shape index (κ2) is 10.6. The Hall–Kier alpha value is -2.12. The van der Waals surface area contributed by atoms with Crippen molar-refractivity contribution in [1.82, 2.24) is 19.7 Å². The van der Waals surface area contributed by atoms with Gasteiger partial charge in [-0.2, -0.15) is 0 Å². The highest BCUT2D eigenvalue weighted by Gasteiger charge is 2.16.